The Morgan fingerprint density at radius 1 is 0.950 bits per heavy atom. The SMILES string of the molecule is CCCCCCCCCCCC(=O)OC(CO)C(=O)O. The molecule has 0 spiro atoms. The van der Waals surface area contributed by atoms with Crippen LogP contribution in [-0.4, -0.2) is 34.9 Å². The zero-order valence-corrected chi connectivity index (χ0v) is 12.5. The molecule has 0 radical (unpaired) electrons. The Hall–Kier alpha value is -1.10. The zero-order valence-electron chi connectivity index (χ0n) is 12.5. The zero-order chi connectivity index (χ0) is 15.2. The van der Waals surface area contributed by atoms with Gasteiger partial charge < -0.3 is 14.9 Å². The molecular formula is C15H28O5. The van der Waals surface area contributed by atoms with Crippen molar-refractivity contribution in [3.63, 3.8) is 0 Å². The molecule has 0 aliphatic rings. The fourth-order valence-electron chi connectivity index (χ4n) is 1.96. The molecule has 0 aromatic carbocycles. The molecule has 0 saturated carbocycles. The molecule has 1 atom stereocenters. The predicted octanol–water partition coefficient (Wildman–Crippen LogP) is 2.90. The molecule has 0 aliphatic carbocycles. The van der Waals surface area contributed by atoms with Crippen LogP contribution in [0.2, 0.25) is 0 Å². The van der Waals surface area contributed by atoms with Gasteiger partial charge in [0, 0.05) is 6.42 Å². The Bertz CT molecular complexity index is 265. The van der Waals surface area contributed by atoms with E-state index in [2.05, 4.69) is 11.7 Å². The summed E-state index contributed by atoms with van der Waals surface area (Å²) in [7, 11) is 0. The van der Waals surface area contributed by atoms with Crippen LogP contribution in [0.3, 0.4) is 0 Å². The van der Waals surface area contributed by atoms with Gasteiger partial charge in [-0.25, -0.2) is 4.79 Å². The average molecular weight is 288 g/mol. The van der Waals surface area contributed by atoms with E-state index in [0.29, 0.717) is 6.42 Å². The lowest BCUT2D eigenvalue weighted by molar-refractivity contribution is -0.166. The van der Waals surface area contributed by atoms with E-state index in [1.54, 1.807) is 0 Å². The molecule has 0 amide bonds. The van der Waals surface area contributed by atoms with Crippen LogP contribution in [0.5, 0.6) is 0 Å². The minimum absolute atomic E-state index is 0.222. The first-order chi connectivity index (χ1) is 9.61. The number of hydrogen-bond acceptors (Lipinski definition) is 4. The van der Waals surface area contributed by atoms with Gasteiger partial charge in [0.25, 0.3) is 0 Å². The topological polar surface area (TPSA) is 83.8 Å². The van der Waals surface area contributed by atoms with Crippen LogP contribution >= 0.6 is 0 Å². The van der Waals surface area contributed by atoms with E-state index in [4.69, 9.17) is 10.2 Å². The highest BCUT2D eigenvalue weighted by Crippen LogP contribution is 2.11. The third-order valence-electron chi connectivity index (χ3n) is 3.20. The summed E-state index contributed by atoms with van der Waals surface area (Å²) in [6.45, 7) is 1.52. The lowest BCUT2D eigenvalue weighted by Crippen LogP contribution is -2.30. The first kappa shape index (κ1) is 18.9. The van der Waals surface area contributed by atoms with E-state index in [-0.39, 0.29) is 6.42 Å². The maximum Gasteiger partial charge on any atom is 0.347 e. The molecule has 0 aliphatic heterocycles. The van der Waals surface area contributed by atoms with Crippen molar-refractivity contribution in [1.82, 2.24) is 0 Å². The number of rotatable bonds is 13. The molecule has 0 aromatic rings. The molecule has 5 heteroatoms. The second-order valence-electron chi connectivity index (χ2n) is 5.08. The van der Waals surface area contributed by atoms with Crippen LogP contribution < -0.4 is 0 Å². The summed E-state index contributed by atoms with van der Waals surface area (Å²) in [6, 6.07) is 0. The highest BCUT2D eigenvalue weighted by Gasteiger charge is 2.20. The van der Waals surface area contributed by atoms with E-state index in [1.807, 2.05) is 0 Å². The number of hydrogen-bond donors (Lipinski definition) is 2. The van der Waals surface area contributed by atoms with Crippen LogP contribution in [0, 0.1) is 0 Å². The van der Waals surface area contributed by atoms with Crippen molar-refractivity contribution >= 4 is 11.9 Å². The first-order valence-corrected chi connectivity index (χ1v) is 7.65. The van der Waals surface area contributed by atoms with Gasteiger partial charge in [-0.2, -0.15) is 0 Å². The summed E-state index contributed by atoms with van der Waals surface area (Å²) < 4.78 is 4.64. The Morgan fingerprint density at radius 3 is 1.90 bits per heavy atom. The highest BCUT2D eigenvalue weighted by atomic mass is 16.6. The third-order valence-corrected chi connectivity index (χ3v) is 3.20. The van der Waals surface area contributed by atoms with Gasteiger partial charge in [-0.1, -0.05) is 58.3 Å². The smallest absolute Gasteiger partial charge is 0.347 e. The molecule has 0 saturated heterocycles. The maximum atomic E-state index is 11.3. The standard InChI is InChI=1S/C15H28O5/c1-2-3-4-5-6-7-8-9-10-11-14(17)20-13(12-16)15(18)19/h13,16H,2-12H2,1H3,(H,18,19). The molecule has 1 unspecified atom stereocenters. The molecule has 0 rings (SSSR count). The van der Waals surface area contributed by atoms with Crippen LogP contribution in [0.1, 0.15) is 71.1 Å². The molecule has 5 nitrogen and oxygen atoms in total. The number of carboxylic acid groups (broad SMARTS) is 1. The van der Waals surface area contributed by atoms with Gasteiger partial charge in [-0.3, -0.25) is 4.79 Å². The average Bonchev–Trinajstić information content (AvgIpc) is 2.42. The number of aliphatic hydroxyl groups is 1. The second kappa shape index (κ2) is 12.9. The highest BCUT2D eigenvalue weighted by molar-refractivity contribution is 5.78. The van der Waals surface area contributed by atoms with Crippen molar-refractivity contribution in [2.45, 2.75) is 77.2 Å². The lowest BCUT2D eigenvalue weighted by Gasteiger charge is -2.10. The van der Waals surface area contributed by atoms with Gasteiger partial charge in [0.15, 0.2) is 0 Å². The largest absolute Gasteiger partial charge is 0.478 e. The Balaban J connectivity index is 3.41. The van der Waals surface area contributed by atoms with Gasteiger partial charge >= 0.3 is 11.9 Å². The summed E-state index contributed by atoms with van der Waals surface area (Å²) in [5.41, 5.74) is 0. The van der Waals surface area contributed by atoms with Crippen molar-refractivity contribution in [2.75, 3.05) is 6.61 Å². The second-order valence-corrected chi connectivity index (χ2v) is 5.08. The normalized spacial score (nSPS) is 12.1. The number of carbonyl (C=O) groups is 2. The quantitative estimate of drug-likeness (QED) is 0.402. The molecular weight excluding hydrogens is 260 g/mol. The van der Waals surface area contributed by atoms with Crippen molar-refractivity contribution in [2.24, 2.45) is 0 Å². The summed E-state index contributed by atoms with van der Waals surface area (Å²) in [6.07, 6.45) is 9.15. The molecule has 118 valence electrons. The lowest BCUT2D eigenvalue weighted by atomic mass is 10.1. The van der Waals surface area contributed by atoms with Crippen LogP contribution in [0.25, 0.3) is 0 Å². The maximum absolute atomic E-state index is 11.3. The number of aliphatic hydroxyl groups excluding tert-OH is 1. The van der Waals surface area contributed by atoms with E-state index in [9.17, 15) is 9.59 Å². The van der Waals surface area contributed by atoms with Gasteiger partial charge in [0.1, 0.15) is 0 Å². The van der Waals surface area contributed by atoms with Crippen molar-refractivity contribution in [1.29, 1.82) is 0 Å². The van der Waals surface area contributed by atoms with Gasteiger partial charge in [-0.05, 0) is 6.42 Å². The number of esters is 1. The van der Waals surface area contributed by atoms with Gasteiger partial charge in [0.2, 0.25) is 6.10 Å². The van der Waals surface area contributed by atoms with Crippen LogP contribution in [-0.2, 0) is 14.3 Å². The summed E-state index contributed by atoms with van der Waals surface area (Å²) in [5, 5.41) is 17.3. The molecule has 2 N–H and O–H groups in total. The van der Waals surface area contributed by atoms with Gasteiger partial charge in [-0.15, -0.1) is 0 Å². The minimum Gasteiger partial charge on any atom is -0.478 e. The van der Waals surface area contributed by atoms with Crippen molar-refractivity contribution < 1.29 is 24.5 Å². The fraction of sp³-hybridized carbons (Fsp3) is 0.867. The third kappa shape index (κ3) is 10.8. The Labute approximate surface area is 121 Å². The summed E-state index contributed by atoms with van der Waals surface area (Å²) in [4.78, 5) is 21.9. The number of carbonyl (C=O) groups excluding carboxylic acids is 1. The fourth-order valence-corrected chi connectivity index (χ4v) is 1.96. The Kier molecular flexibility index (Phi) is 12.2. The molecule has 0 aromatic heterocycles. The molecule has 0 fully saturated rings. The molecule has 0 bridgehead atoms. The predicted molar refractivity (Wildman–Crippen MR) is 76.4 cm³/mol. The van der Waals surface area contributed by atoms with E-state index in [1.165, 1.54) is 38.5 Å². The monoisotopic (exact) mass is 288 g/mol. The van der Waals surface area contributed by atoms with E-state index in [0.717, 1.165) is 12.8 Å². The molecule has 0 heterocycles. The van der Waals surface area contributed by atoms with Crippen molar-refractivity contribution in [3.05, 3.63) is 0 Å². The van der Waals surface area contributed by atoms with Crippen molar-refractivity contribution in [3.8, 4) is 0 Å². The summed E-state index contributed by atoms with van der Waals surface area (Å²) in [5.74, 6) is -1.86. The van der Waals surface area contributed by atoms with Gasteiger partial charge in [0.05, 0.1) is 6.61 Å². The number of ether oxygens (including phenoxy) is 1. The minimum atomic E-state index is -1.43. The number of unbranched alkanes of at least 4 members (excludes halogenated alkanes) is 8. The van der Waals surface area contributed by atoms with Crippen LogP contribution in [0.15, 0.2) is 0 Å². The van der Waals surface area contributed by atoms with E-state index < -0.39 is 24.6 Å². The van der Waals surface area contributed by atoms with E-state index >= 15 is 0 Å². The number of carboxylic acids is 1. The van der Waals surface area contributed by atoms with Crippen LogP contribution in [0.4, 0.5) is 0 Å². The Morgan fingerprint density at radius 2 is 1.45 bits per heavy atom. The summed E-state index contributed by atoms with van der Waals surface area (Å²) >= 11 is 0. The first-order valence-electron chi connectivity index (χ1n) is 7.65. The number of aliphatic carboxylic acids is 1. The molecule has 20 heavy (non-hydrogen) atoms.